The van der Waals surface area contributed by atoms with Gasteiger partial charge in [-0.2, -0.15) is 23.2 Å². The monoisotopic (exact) mass is 490 g/mol. The van der Waals surface area contributed by atoms with Gasteiger partial charge in [0, 0.05) is 17.6 Å². The van der Waals surface area contributed by atoms with Crippen molar-refractivity contribution in [2.75, 3.05) is 0 Å². The molecule has 0 amide bonds. The van der Waals surface area contributed by atoms with Gasteiger partial charge in [0.25, 0.3) is 0 Å². The first-order valence-corrected chi connectivity index (χ1v) is 12.6. The van der Waals surface area contributed by atoms with E-state index in [1.807, 2.05) is 25.1 Å². The fraction of sp³-hybridized carbons (Fsp3) is 0.417. The molecule has 6 nitrogen and oxygen atoms in total. The molecule has 0 radical (unpaired) electrons. The summed E-state index contributed by atoms with van der Waals surface area (Å²) in [5.41, 5.74) is 3.44. The highest BCUT2D eigenvalue weighted by Crippen LogP contribution is 2.40. The Morgan fingerprint density at radius 1 is 1.18 bits per heavy atom. The van der Waals surface area contributed by atoms with Crippen LogP contribution in [-0.2, 0) is 10.0 Å². The number of pyridine rings is 1. The molecule has 0 bridgehead atoms. The number of aryl methyl sites for hydroxylation is 1. The quantitative estimate of drug-likeness (QED) is 0.503. The highest BCUT2D eigenvalue weighted by atomic mass is 32.2. The van der Waals surface area contributed by atoms with E-state index in [1.165, 1.54) is 12.1 Å². The van der Waals surface area contributed by atoms with Gasteiger partial charge in [-0.05, 0) is 50.5 Å². The van der Waals surface area contributed by atoms with E-state index in [2.05, 4.69) is 15.6 Å². The minimum absolute atomic E-state index is 0.176. The highest BCUT2D eigenvalue weighted by Gasteiger charge is 2.39. The molecular weight excluding hydrogens is 465 g/mol. The van der Waals surface area contributed by atoms with E-state index in [4.69, 9.17) is 0 Å². The molecule has 10 heteroatoms. The Morgan fingerprint density at radius 2 is 1.88 bits per heavy atom. The van der Waals surface area contributed by atoms with Crippen molar-refractivity contribution in [3.8, 4) is 17.5 Å². The maximum absolute atomic E-state index is 12.8. The van der Waals surface area contributed by atoms with Crippen LogP contribution in [0.4, 0.5) is 13.2 Å². The van der Waals surface area contributed by atoms with Gasteiger partial charge in [-0.1, -0.05) is 31.4 Å². The summed E-state index contributed by atoms with van der Waals surface area (Å²) in [6, 6.07) is 8.79. The van der Waals surface area contributed by atoms with Gasteiger partial charge in [0.15, 0.2) is 0 Å². The number of sulfonamides is 1. The van der Waals surface area contributed by atoms with Crippen LogP contribution in [0.1, 0.15) is 56.2 Å². The van der Waals surface area contributed by atoms with Crippen molar-refractivity contribution in [3.63, 3.8) is 0 Å². The van der Waals surface area contributed by atoms with Crippen molar-refractivity contribution in [2.45, 2.75) is 69.1 Å². The molecule has 1 saturated carbocycles. The van der Waals surface area contributed by atoms with Crippen LogP contribution in [0.3, 0.4) is 0 Å². The smallest absolute Gasteiger partial charge is 0.335 e. The van der Waals surface area contributed by atoms with Crippen LogP contribution in [-0.4, -0.2) is 30.2 Å². The van der Waals surface area contributed by atoms with E-state index in [0.29, 0.717) is 17.0 Å². The zero-order valence-corrected chi connectivity index (χ0v) is 19.7. The first-order chi connectivity index (χ1) is 16.0. The maximum Gasteiger partial charge on any atom is 0.404 e. The fourth-order valence-corrected chi connectivity index (χ4v) is 5.72. The van der Waals surface area contributed by atoms with Gasteiger partial charge in [-0.15, -0.1) is 0 Å². The lowest BCUT2D eigenvalue weighted by Gasteiger charge is -2.26. The zero-order chi connectivity index (χ0) is 24.7. The van der Waals surface area contributed by atoms with Crippen LogP contribution >= 0.6 is 0 Å². The average molecular weight is 491 g/mol. The fourth-order valence-electron chi connectivity index (χ4n) is 4.55. The number of fused-ring (bicyclic) bond motifs is 1. The predicted octanol–water partition coefficient (Wildman–Crippen LogP) is 5.62. The molecule has 2 aromatic heterocycles. The number of nitrogens with zero attached hydrogens (tertiary/aromatic N) is 3. The Balaban J connectivity index is 1.82. The van der Waals surface area contributed by atoms with Crippen molar-refractivity contribution in [3.05, 3.63) is 47.7 Å². The number of hydrogen-bond acceptors (Lipinski definition) is 4. The molecule has 1 fully saturated rings. The average Bonchev–Trinajstić information content (AvgIpc) is 3.12. The van der Waals surface area contributed by atoms with Crippen LogP contribution in [0.25, 0.3) is 22.3 Å². The lowest BCUT2D eigenvalue weighted by molar-refractivity contribution is -0.147. The van der Waals surface area contributed by atoms with Crippen LogP contribution in [0.2, 0.25) is 0 Å². The highest BCUT2D eigenvalue weighted by molar-refractivity contribution is 7.89. The summed E-state index contributed by atoms with van der Waals surface area (Å²) in [5, 5.41) is 10.8. The van der Waals surface area contributed by atoms with E-state index < -0.39 is 22.2 Å². The molecule has 1 aromatic carbocycles. The normalized spacial score (nSPS) is 16.5. The third-order valence-corrected chi connectivity index (χ3v) is 7.85. The molecule has 180 valence electrons. The summed E-state index contributed by atoms with van der Waals surface area (Å²) in [4.78, 5) is 3.92. The third-order valence-electron chi connectivity index (χ3n) is 6.32. The minimum atomic E-state index is -4.71. The molecule has 34 heavy (non-hydrogen) atoms. The first-order valence-electron chi connectivity index (χ1n) is 11.1. The Hall–Kier alpha value is -2.90. The second-order valence-corrected chi connectivity index (χ2v) is 10.5. The lowest BCUT2D eigenvalue weighted by atomic mass is 9.95. The van der Waals surface area contributed by atoms with Crippen LogP contribution in [0.5, 0.6) is 0 Å². The molecule has 2 heterocycles. The summed E-state index contributed by atoms with van der Waals surface area (Å²) in [7, 11) is -4.42. The van der Waals surface area contributed by atoms with Crippen LogP contribution in [0, 0.1) is 18.3 Å². The number of nitrogens with one attached hydrogen (secondary N) is 1. The van der Waals surface area contributed by atoms with E-state index in [9.17, 15) is 26.9 Å². The maximum atomic E-state index is 12.8. The van der Waals surface area contributed by atoms with Crippen molar-refractivity contribution in [1.29, 1.82) is 5.26 Å². The second-order valence-electron chi connectivity index (χ2n) is 8.78. The van der Waals surface area contributed by atoms with E-state index in [0.717, 1.165) is 61.7 Å². The molecule has 0 aliphatic heterocycles. The van der Waals surface area contributed by atoms with E-state index in [1.54, 1.807) is 4.72 Å². The van der Waals surface area contributed by atoms with Crippen molar-refractivity contribution >= 4 is 20.9 Å². The number of benzene rings is 1. The van der Waals surface area contributed by atoms with Crippen molar-refractivity contribution < 1.29 is 21.6 Å². The molecule has 1 atom stereocenters. The molecule has 1 aliphatic carbocycles. The van der Waals surface area contributed by atoms with Gasteiger partial charge in [0.1, 0.15) is 17.0 Å². The Bertz CT molecular complexity index is 1350. The molecule has 1 aliphatic rings. The molecule has 0 unspecified atom stereocenters. The Morgan fingerprint density at radius 3 is 2.47 bits per heavy atom. The number of aromatic nitrogens is 2. The molecule has 0 saturated heterocycles. The van der Waals surface area contributed by atoms with E-state index in [-0.39, 0.29) is 10.9 Å². The minimum Gasteiger partial charge on any atom is -0.335 e. The number of hydrogen-bond donors (Lipinski definition) is 1. The largest absolute Gasteiger partial charge is 0.404 e. The zero-order valence-electron chi connectivity index (χ0n) is 18.9. The molecule has 0 spiro atoms. The number of nitriles is 1. The van der Waals surface area contributed by atoms with Gasteiger partial charge in [-0.3, -0.25) is 4.98 Å². The number of halogens is 3. The number of rotatable bonds is 5. The standard InChI is InChI=1S/C24H25F3N4O2S/c1-15-8-10-19-20(13-28)23(31(22(19)12-15)17-6-4-3-5-7-17)21-11-9-18(14-29-21)34(32,33)30-16(2)24(25,26)27/h8-12,14,16-17,30H,3-7H2,1-2H3/t16-/m0/s1. The topological polar surface area (TPSA) is 87.8 Å². The third kappa shape index (κ3) is 4.55. The van der Waals surface area contributed by atoms with Gasteiger partial charge in [0.05, 0.1) is 22.5 Å². The van der Waals surface area contributed by atoms with E-state index >= 15 is 0 Å². The Kier molecular flexibility index (Phi) is 6.44. The summed E-state index contributed by atoms with van der Waals surface area (Å²) < 4.78 is 67.2. The van der Waals surface area contributed by atoms with Crippen LogP contribution < -0.4 is 4.72 Å². The molecule has 3 aromatic rings. The Labute approximate surface area is 196 Å². The molecule has 4 rings (SSSR count). The molecular formula is C24H25F3N4O2S. The summed E-state index contributed by atoms with van der Waals surface area (Å²) in [6.45, 7) is 2.72. The second kappa shape index (κ2) is 9.04. The van der Waals surface area contributed by atoms with Crippen LogP contribution in [0.15, 0.2) is 41.4 Å². The van der Waals surface area contributed by atoms with Gasteiger partial charge in [0.2, 0.25) is 10.0 Å². The summed E-state index contributed by atoms with van der Waals surface area (Å²) >= 11 is 0. The first kappa shape index (κ1) is 24.2. The summed E-state index contributed by atoms with van der Waals surface area (Å²) in [5.74, 6) is 0. The number of alkyl halides is 3. The van der Waals surface area contributed by atoms with Crippen molar-refractivity contribution in [1.82, 2.24) is 14.3 Å². The molecule has 1 N–H and O–H groups in total. The lowest BCUT2D eigenvalue weighted by Crippen LogP contribution is -2.42. The van der Waals surface area contributed by atoms with Gasteiger partial charge < -0.3 is 4.57 Å². The van der Waals surface area contributed by atoms with Gasteiger partial charge in [-0.25, -0.2) is 8.42 Å². The summed E-state index contributed by atoms with van der Waals surface area (Å²) in [6.07, 6.45) is 1.56. The van der Waals surface area contributed by atoms with Crippen molar-refractivity contribution in [2.24, 2.45) is 0 Å². The van der Waals surface area contributed by atoms with Gasteiger partial charge >= 0.3 is 6.18 Å². The predicted molar refractivity (Wildman–Crippen MR) is 123 cm³/mol. The SMILES string of the molecule is Cc1ccc2c(C#N)c(-c3ccc(S(=O)(=O)N[C@@H](C)C(F)(F)F)cn3)n(C3CCCCC3)c2c1.